The maximum absolute atomic E-state index is 13.7. The lowest BCUT2D eigenvalue weighted by atomic mass is 9.85. The summed E-state index contributed by atoms with van der Waals surface area (Å²) in [7, 11) is 0. The Hall–Kier alpha value is -2.60. The van der Waals surface area contributed by atoms with E-state index in [1.807, 2.05) is 58.2 Å². The molecule has 0 aliphatic carbocycles. The molecule has 7 N–H and O–H groups in total. The summed E-state index contributed by atoms with van der Waals surface area (Å²) < 4.78 is 5.19. The van der Waals surface area contributed by atoms with E-state index in [4.69, 9.17) is 16.2 Å². The third-order valence-corrected chi connectivity index (χ3v) is 6.81. The molecule has 1 aromatic rings. The molecule has 0 spiro atoms. The first-order valence-electron chi connectivity index (χ1n) is 12.8. The van der Waals surface area contributed by atoms with Crippen LogP contribution >= 0.6 is 11.8 Å². The number of hydrogen-bond donors (Lipinski definition) is 5. The van der Waals surface area contributed by atoms with E-state index in [9.17, 15) is 19.5 Å². The Bertz CT molecular complexity index is 942. The fourth-order valence-electron chi connectivity index (χ4n) is 3.93. The molecule has 0 aliphatic rings. The molecular formula is C27H45N5O5S. The number of nitrogens with zero attached hydrogens (tertiary/aromatic N) is 1. The number of carbonyl (C=O) groups excluding carboxylic acids is 3. The van der Waals surface area contributed by atoms with Crippen LogP contribution in [0.5, 0.6) is 0 Å². The predicted octanol–water partition coefficient (Wildman–Crippen LogP) is 1.42. The van der Waals surface area contributed by atoms with Crippen molar-refractivity contribution in [1.82, 2.24) is 15.5 Å². The van der Waals surface area contributed by atoms with Gasteiger partial charge in [0.2, 0.25) is 17.7 Å². The van der Waals surface area contributed by atoms with E-state index in [2.05, 4.69) is 10.6 Å². The molecule has 0 fully saturated rings. The Labute approximate surface area is 230 Å². The van der Waals surface area contributed by atoms with E-state index >= 15 is 0 Å². The number of allylic oxidation sites excluding steroid dienone is 1. The number of carbonyl (C=O) groups is 3. The Morgan fingerprint density at radius 2 is 1.82 bits per heavy atom. The van der Waals surface area contributed by atoms with Gasteiger partial charge in [-0.1, -0.05) is 52.0 Å². The second-order valence-corrected chi connectivity index (χ2v) is 10.8. The van der Waals surface area contributed by atoms with Crippen molar-refractivity contribution in [2.45, 2.75) is 59.7 Å². The van der Waals surface area contributed by atoms with Gasteiger partial charge in [0.15, 0.2) is 0 Å². The summed E-state index contributed by atoms with van der Waals surface area (Å²) in [5.74, 6) is -1.24. The summed E-state index contributed by atoms with van der Waals surface area (Å²) in [4.78, 5) is 41.6. The summed E-state index contributed by atoms with van der Waals surface area (Å²) >= 11 is 1.57. The number of aliphatic hydroxyl groups is 1. The normalized spacial score (nSPS) is 13.8. The van der Waals surface area contributed by atoms with Crippen molar-refractivity contribution in [3.63, 3.8) is 0 Å². The number of nitrogens with two attached hydrogens (primary N) is 2. The number of benzene rings is 1. The monoisotopic (exact) mass is 551 g/mol. The van der Waals surface area contributed by atoms with Crippen LogP contribution in [-0.4, -0.2) is 79.0 Å². The highest BCUT2D eigenvalue weighted by Gasteiger charge is 2.39. The summed E-state index contributed by atoms with van der Waals surface area (Å²) in [6, 6.07) is 6.00. The standard InChI is InChI=1S/C27H45N5O5S/c1-7-21(25(35)30-16-19-8-10-20(11-9-19)23(38-6)18(2)29)32(13-14-33)26(36)24(27(3,4)5)31-22(34)17-37-15-12-28/h8-11,21,24,33H,7,12-17,28-29H2,1-6H3,(H,30,35)(H,31,34)/b23-18-/t21-,24?/m0/s1. The van der Waals surface area contributed by atoms with Crippen LogP contribution in [0, 0.1) is 5.41 Å². The number of thioether (sulfide) groups is 1. The highest BCUT2D eigenvalue weighted by atomic mass is 32.2. The lowest BCUT2D eigenvalue weighted by molar-refractivity contribution is -0.147. The number of hydrogen-bond acceptors (Lipinski definition) is 8. The van der Waals surface area contributed by atoms with Crippen molar-refractivity contribution in [2.24, 2.45) is 16.9 Å². The molecule has 0 saturated heterocycles. The van der Waals surface area contributed by atoms with Crippen molar-refractivity contribution < 1.29 is 24.2 Å². The molecule has 1 rings (SSSR count). The van der Waals surface area contributed by atoms with E-state index in [-0.39, 0.29) is 45.4 Å². The highest BCUT2D eigenvalue weighted by Crippen LogP contribution is 2.27. The maximum atomic E-state index is 13.7. The second-order valence-electron chi connectivity index (χ2n) is 10.0. The van der Waals surface area contributed by atoms with Gasteiger partial charge in [-0.25, -0.2) is 0 Å². The van der Waals surface area contributed by atoms with E-state index < -0.39 is 29.3 Å². The van der Waals surface area contributed by atoms with Gasteiger partial charge in [0.25, 0.3) is 0 Å². The molecule has 11 heteroatoms. The third-order valence-electron chi connectivity index (χ3n) is 5.85. The molecule has 38 heavy (non-hydrogen) atoms. The zero-order valence-electron chi connectivity index (χ0n) is 23.5. The molecule has 3 amide bonds. The Balaban J connectivity index is 3.03. The number of rotatable bonds is 15. The molecule has 0 aliphatic heterocycles. The van der Waals surface area contributed by atoms with Gasteiger partial charge in [-0.15, -0.1) is 11.8 Å². The topological polar surface area (TPSA) is 160 Å². The van der Waals surface area contributed by atoms with Crippen molar-refractivity contribution in [3.05, 3.63) is 41.1 Å². The van der Waals surface area contributed by atoms with Crippen LogP contribution in [0.1, 0.15) is 52.2 Å². The lowest BCUT2D eigenvalue weighted by Crippen LogP contribution is -2.60. The first kappa shape index (κ1) is 33.4. The summed E-state index contributed by atoms with van der Waals surface area (Å²) in [6.45, 7) is 9.29. The van der Waals surface area contributed by atoms with Crippen molar-refractivity contribution >= 4 is 34.4 Å². The molecule has 0 aromatic heterocycles. The Morgan fingerprint density at radius 3 is 2.29 bits per heavy atom. The predicted molar refractivity (Wildman–Crippen MR) is 153 cm³/mol. The second kappa shape index (κ2) is 16.4. The van der Waals surface area contributed by atoms with Gasteiger partial charge >= 0.3 is 0 Å². The quantitative estimate of drug-likeness (QED) is 0.205. The first-order chi connectivity index (χ1) is 17.9. The molecular weight excluding hydrogens is 506 g/mol. The fourth-order valence-corrected chi connectivity index (χ4v) is 4.62. The molecule has 10 nitrogen and oxygen atoms in total. The minimum absolute atomic E-state index is 0.0478. The molecule has 1 aromatic carbocycles. The van der Waals surface area contributed by atoms with E-state index in [1.54, 1.807) is 18.7 Å². The van der Waals surface area contributed by atoms with Gasteiger partial charge in [0.05, 0.1) is 13.2 Å². The molecule has 2 atom stereocenters. The molecule has 0 saturated carbocycles. The third kappa shape index (κ3) is 10.3. The molecule has 1 unspecified atom stereocenters. The van der Waals surface area contributed by atoms with Crippen molar-refractivity contribution in [2.75, 3.05) is 39.2 Å². The van der Waals surface area contributed by atoms with Crippen molar-refractivity contribution in [1.29, 1.82) is 0 Å². The van der Waals surface area contributed by atoms with Gasteiger partial charge in [-0.3, -0.25) is 14.4 Å². The first-order valence-corrected chi connectivity index (χ1v) is 14.0. The van der Waals surface area contributed by atoms with Crippen LogP contribution in [0.2, 0.25) is 0 Å². The van der Waals surface area contributed by atoms with E-state index in [0.29, 0.717) is 6.42 Å². The minimum Gasteiger partial charge on any atom is -0.401 e. The summed E-state index contributed by atoms with van der Waals surface area (Å²) in [6.07, 6.45) is 2.30. The lowest BCUT2D eigenvalue weighted by Gasteiger charge is -2.37. The number of ether oxygens (including phenoxy) is 1. The summed E-state index contributed by atoms with van der Waals surface area (Å²) in [5, 5.41) is 15.3. The zero-order chi connectivity index (χ0) is 28.9. The summed E-state index contributed by atoms with van der Waals surface area (Å²) in [5.41, 5.74) is 13.3. The number of amides is 3. The minimum atomic E-state index is -0.929. The van der Waals surface area contributed by atoms with Crippen LogP contribution in [0.3, 0.4) is 0 Å². The Kier molecular flexibility index (Phi) is 14.4. The van der Waals surface area contributed by atoms with Crippen LogP contribution in [0.4, 0.5) is 0 Å². The van der Waals surface area contributed by atoms with Crippen molar-refractivity contribution in [3.8, 4) is 0 Å². The van der Waals surface area contributed by atoms with Crippen LogP contribution < -0.4 is 22.1 Å². The molecule has 0 bridgehead atoms. The van der Waals surface area contributed by atoms with Crippen LogP contribution in [0.25, 0.3) is 4.91 Å². The van der Waals surface area contributed by atoms with E-state index in [1.165, 1.54) is 4.90 Å². The van der Waals surface area contributed by atoms with Gasteiger partial charge in [0, 0.05) is 30.2 Å². The average Bonchev–Trinajstić information content (AvgIpc) is 2.86. The fraction of sp³-hybridized carbons (Fsp3) is 0.593. The van der Waals surface area contributed by atoms with Crippen LogP contribution in [-0.2, 0) is 25.7 Å². The molecule has 214 valence electrons. The molecule has 0 radical (unpaired) electrons. The van der Waals surface area contributed by atoms with Gasteiger partial charge < -0.3 is 36.8 Å². The SMILES string of the molecule is CC[C@@H](C(=O)NCc1ccc(/C(SC)=C(\C)N)cc1)N(CCO)C(=O)C(NC(=O)COCCN)C(C)(C)C. The highest BCUT2D eigenvalue weighted by molar-refractivity contribution is 8.07. The maximum Gasteiger partial charge on any atom is 0.246 e. The molecule has 0 heterocycles. The Morgan fingerprint density at radius 1 is 1.18 bits per heavy atom. The smallest absolute Gasteiger partial charge is 0.246 e. The zero-order valence-corrected chi connectivity index (χ0v) is 24.3. The average molecular weight is 552 g/mol. The van der Waals surface area contributed by atoms with Gasteiger partial charge in [-0.2, -0.15) is 0 Å². The van der Waals surface area contributed by atoms with E-state index in [0.717, 1.165) is 21.7 Å². The largest absolute Gasteiger partial charge is 0.401 e. The van der Waals surface area contributed by atoms with Gasteiger partial charge in [-0.05, 0) is 36.1 Å². The number of nitrogens with one attached hydrogen (secondary N) is 2. The number of aliphatic hydroxyl groups excluding tert-OH is 1. The van der Waals surface area contributed by atoms with Crippen LogP contribution in [0.15, 0.2) is 30.0 Å². The van der Waals surface area contributed by atoms with Gasteiger partial charge in [0.1, 0.15) is 18.7 Å².